The molecule has 0 unspecified atom stereocenters. The van der Waals surface area contributed by atoms with Gasteiger partial charge >= 0.3 is 6.01 Å². The highest BCUT2D eigenvalue weighted by Gasteiger charge is 2.05. The van der Waals surface area contributed by atoms with Gasteiger partial charge in [-0.3, -0.25) is 0 Å². The summed E-state index contributed by atoms with van der Waals surface area (Å²) in [7, 11) is 0. The normalized spacial score (nSPS) is 11.4. The van der Waals surface area contributed by atoms with Gasteiger partial charge in [-0.2, -0.15) is 9.97 Å². The Balaban J connectivity index is 2.13. The van der Waals surface area contributed by atoms with Crippen LogP contribution in [0.1, 0.15) is 12.5 Å². The van der Waals surface area contributed by atoms with Crippen molar-refractivity contribution in [1.82, 2.24) is 9.97 Å². The second-order valence-corrected chi connectivity index (χ2v) is 3.66. The van der Waals surface area contributed by atoms with E-state index in [1.54, 1.807) is 19.1 Å². The van der Waals surface area contributed by atoms with Crippen LogP contribution in [0.2, 0.25) is 0 Å². The Labute approximate surface area is 107 Å². The first kappa shape index (κ1) is 12.9. The van der Waals surface area contributed by atoms with Crippen LogP contribution in [0.3, 0.4) is 0 Å². The van der Waals surface area contributed by atoms with Crippen LogP contribution < -0.4 is 10.6 Å². The fraction of sp³-hybridized carbons (Fsp3) is 0.0833. The van der Waals surface area contributed by atoms with Gasteiger partial charge in [0.05, 0.1) is 11.9 Å². The van der Waals surface area contributed by atoms with Crippen LogP contribution in [-0.2, 0) is 0 Å². The zero-order valence-electron chi connectivity index (χ0n) is 9.97. The van der Waals surface area contributed by atoms with E-state index >= 15 is 0 Å². The van der Waals surface area contributed by atoms with Crippen LogP contribution in [0.5, 0.6) is 6.01 Å². The zero-order chi connectivity index (χ0) is 13.8. The summed E-state index contributed by atoms with van der Waals surface area (Å²) in [6, 6.07) is 5.55. The molecule has 2 rings (SSSR count). The maximum absolute atomic E-state index is 12.8. The molecule has 0 aliphatic heterocycles. The molecule has 1 heterocycles. The van der Waals surface area contributed by atoms with E-state index in [2.05, 4.69) is 15.1 Å². The molecule has 0 fully saturated rings. The minimum Gasteiger partial charge on any atom is -0.381 e. The van der Waals surface area contributed by atoms with E-state index in [9.17, 15) is 8.78 Å². The van der Waals surface area contributed by atoms with Crippen molar-refractivity contribution in [2.45, 2.75) is 6.92 Å². The lowest BCUT2D eigenvalue weighted by molar-refractivity contribution is 0.311. The summed E-state index contributed by atoms with van der Waals surface area (Å²) in [5.41, 5.74) is 6.43. The monoisotopic (exact) mass is 264 g/mol. The molecule has 0 atom stereocenters. The number of halogens is 2. The first-order chi connectivity index (χ1) is 9.06. The van der Waals surface area contributed by atoms with E-state index in [-0.39, 0.29) is 17.6 Å². The van der Waals surface area contributed by atoms with Crippen molar-refractivity contribution >= 4 is 11.5 Å². The number of hydrogen-bond donors (Lipinski definition) is 1. The minimum absolute atomic E-state index is 0.166. The molecule has 7 heteroatoms. The standard InChI is InChI=1S/C12H10F2N4O/c1-7(8-2-4-9(13)5-3-8)18-19-12-16-6-10(14)11(15)17-12/h2-6H,1H3,(H2,15,16,17). The van der Waals surface area contributed by atoms with Gasteiger partial charge in [-0.25, -0.2) is 8.78 Å². The Morgan fingerprint density at radius 2 is 1.95 bits per heavy atom. The van der Waals surface area contributed by atoms with Crippen molar-refractivity contribution in [3.05, 3.63) is 47.7 Å². The Hall–Kier alpha value is -2.57. The molecule has 0 aliphatic rings. The average molecular weight is 264 g/mol. The van der Waals surface area contributed by atoms with Gasteiger partial charge in [0.2, 0.25) is 0 Å². The van der Waals surface area contributed by atoms with Gasteiger partial charge in [-0.05, 0) is 24.6 Å². The van der Waals surface area contributed by atoms with E-state index < -0.39 is 5.82 Å². The lowest BCUT2D eigenvalue weighted by atomic mass is 10.1. The molecule has 1 aromatic heterocycles. The number of nitrogen functional groups attached to an aromatic ring is 1. The van der Waals surface area contributed by atoms with Crippen molar-refractivity contribution < 1.29 is 13.6 Å². The van der Waals surface area contributed by atoms with Crippen LogP contribution in [0, 0.1) is 11.6 Å². The van der Waals surface area contributed by atoms with Crippen molar-refractivity contribution in [2.24, 2.45) is 5.16 Å². The third kappa shape index (κ3) is 3.21. The maximum atomic E-state index is 12.8. The molecule has 5 nitrogen and oxygen atoms in total. The summed E-state index contributed by atoms with van der Waals surface area (Å²) in [6.07, 6.45) is 0.889. The fourth-order valence-corrected chi connectivity index (χ4v) is 1.26. The number of nitrogens with zero attached hydrogens (tertiary/aromatic N) is 3. The molecular formula is C12H10F2N4O. The average Bonchev–Trinajstić information content (AvgIpc) is 2.40. The van der Waals surface area contributed by atoms with Gasteiger partial charge in [0, 0.05) is 0 Å². The summed E-state index contributed by atoms with van der Waals surface area (Å²) in [6.45, 7) is 1.67. The molecule has 0 aliphatic carbocycles. The number of rotatable bonds is 3. The van der Waals surface area contributed by atoms with Crippen LogP contribution >= 0.6 is 0 Å². The SMILES string of the molecule is CC(=NOc1ncc(F)c(N)n1)c1ccc(F)cc1. The summed E-state index contributed by atoms with van der Waals surface area (Å²) < 4.78 is 25.6. The van der Waals surface area contributed by atoms with Crippen LogP contribution in [0.25, 0.3) is 0 Å². The molecule has 2 N–H and O–H groups in total. The highest BCUT2D eigenvalue weighted by atomic mass is 19.1. The summed E-state index contributed by atoms with van der Waals surface area (Å²) >= 11 is 0. The predicted octanol–water partition coefficient (Wildman–Crippen LogP) is 2.14. The van der Waals surface area contributed by atoms with Gasteiger partial charge in [0.15, 0.2) is 11.6 Å². The first-order valence-electron chi connectivity index (χ1n) is 5.32. The number of hydrogen-bond acceptors (Lipinski definition) is 5. The van der Waals surface area contributed by atoms with E-state index in [4.69, 9.17) is 10.6 Å². The van der Waals surface area contributed by atoms with E-state index in [0.29, 0.717) is 11.3 Å². The van der Waals surface area contributed by atoms with Crippen molar-refractivity contribution in [3.63, 3.8) is 0 Å². The number of nitrogens with two attached hydrogens (primary N) is 1. The summed E-state index contributed by atoms with van der Waals surface area (Å²) in [5, 5.41) is 3.76. The maximum Gasteiger partial charge on any atom is 0.347 e. The third-order valence-corrected chi connectivity index (χ3v) is 2.28. The van der Waals surface area contributed by atoms with E-state index in [1.165, 1.54) is 12.1 Å². The third-order valence-electron chi connectivity index (χ3n) is 2.28. The molecule has 0 saturated heterocycles. The second-order valence-electron chi connectivity index (χ2n) is 3.66. The quantitative estimate of drug-likeness (QED) is 0.680. The highest BCUT2D eigenvalue weighted by Crippen LogP contribution is 2.10. The lowest BCUT2D eigenvalue weighted by Crippen LogP contribution is -2.02. The molecule has 0 bridgehead atoms. The fourth-order valence-electron chi connectivity index (χ4n) is 1.26. The first-order valence-corrected chi connectivity index (χ1v) is 5.32. The van der Waals surface area contributed by atoms with Crippen LogP contribution in [0.15, 0.2) is 35.6 Å². The van der Waals surface area contributed by atoms with Gasteiger partial charge in [-0.1, -0.05) is 17.3 Å². The Kier molecular flexibility index (Phi) is 3.65. The summed E-state index contributed by atoms with van der Waals surface area (Å²) in [4.78, 5) is 12.0. The Morgan fingerprint density at radius 1 is 1.26 bits per heavy atom. The van der Waals surface area contributed by atoms with E-state index in [0.717, 1.165) is 6.20 Å². The van der Waals surface area contributed by atoms with Crippen molar-refractivity contribution in [2.75, 3.05) is 5.73 Å². The van der Waals surface area contributed by atoms with E-state index in [1.807, 2.05) is 0 Å². The highest BCUT2D eigenvalue weighted by molar-refractivity contribution is 5.98. The van der Waals surface area contributed by atoms with Gasteiger partial charge in [0.1, 0.15) is 5.82 Å². The van der Waals surface area contributed by atoms with Gasteiger partial charge in [-0.15, -0.1) is 0 Å². The zero-order valence-corrected chi connectivity index (χ0v) is 9.97. The Bertz CT molecular complexity index is 614. The smallest absolute Gasteiger partial charge is 0.347 e. The molecule has 0 spiro atoms. The van der Waals surface area contributed by atoms with Gasteiger partial charge in [0.25, 0.3) is 0 Å². The molecule has 0 amide bonds. The molecular weight excluding hydrogens is 254 g/mol. The van der Waals surface area contributed by atoms with Crippen LogP contribution in [0.4, 0.5) is 14.6 Å². The largest absolute Gasteiger partial charge is 0.381 e. The molecule has 19 heavy (non-hydrogen) atoms. The van der Waals surface area contributed by atoms with Gasteiger partial charge < -0.3 is 10.6 Å². The van der Waals surface area contributed by atoms with Crippen LogP contribution in [-0.4, -0.2) is 15.7 Å². The molecule has 0 radical (unpaired) electrons. The number of benzene rings is 1. The van der Waals surface area contributed by atoms with Crippen molar-refractivity contribution in [3.8, 4) is 6.01 Å². The lowest BCUT2D eigenvalue weighted by Gasteiger charge is -2.01. The topological polar surface area (TPSA) is 73.4 Å². The Morgan fingerprint density at radius 3 is 2.58 bits per heavy atom. The van der Waals surface area contributed by atoms with Crippen molar-refractivity contribution in [1.29, 1.82) is 0 Å². The number of oxime groups is 1. The predicted molar refractivity (Wildman–Crippen MR) is 65.6 cm³/mol. The molecule has 0 saturated carbocycles. The second kappa shape index (κ2) is 5.38. The number of anilines is 1. The molecule has 98 valence electrons. The summed E-state index contributed by atoms with van der Waals surface area (Å²) in [5.74, 6) is -1.39. The molecule has 2 aromatic rings. The molecule has 1 aromatic carbocycles. The number of aromatic nitrogens is 2. The minimum atomic E-state index is -0.730.